The normalized spacial score (nSPS) is 12.0. The molecule has 1 aromatic carbocycles. The third-order valence-electron chi connectivity index (χ3n) is 4.30. The van der Waals surface area contributed by atoms with Crippen LogP contribution in [0.2, 0.25) is 0 Å². The zero-order valence-corrected chi connectivity index (χ0v) is 14.0. The highest BCUT2D eigenvalue weighted by molar-refractivity contribution is 5.89. The first-order valence-electron chi connectivity index (χ1n) is 8.11. The highest BCUT2D eigenvalue weighted by Gasteiger charge is 2.19. The number of fused-ring (bicyclic) bond motifs is 1. The van der Waals surface area contributed by atoms with Crippen LogP contribution in [-0.2, 0) is 0 Å². The van der Waals surface area contributed by atoms with E-state index >= 15 is 0 Å². The number of nitriles is 1. The lowest BCUT2D eigenvalue weighted by Gasteiger charge is -2.14. The fourth-order valence-electron chi connectivity index (χ4n) is 3.03. The first kappa shape index (κ1) is 16.4. The van der Waals surface area contributed by atoms with E-state index in [0.29, 0.717) is 5.56 Å². The molecule has 0 fully saturated rings. The minimum absolute atomic E-state index is 0.0207. The number of benzene rings is 1. The average Bonchev–Trinajstić information content (AvgIpc) is 3.35. The fraction of sp³-hybridized carbons (Fsp3) is 0.111. The molecule has 0 saturated carbocycles. The average molecular weight is 359 g/mol. The molecule has 0 amide bonds. The molecular formula is C18H13N7O2. The van der Waals surface area contributed by atoms with Crippen molar-refractivity contribution in [3.8, 4) is 17.3 Å². The maximum absolute atomic E-state index is 11.1. The van der Waals surface area contributed by atoms with Gasteiger partial charge in [0.25, 0.3) is 5.69 Å². The second-order valence-electron chi connectivity index (χ2n) is 5.90. The number of nitro benzene ring substituents is 1. The lowest BCUT2D eigenvalue weighted by molar-refractivity contribution is -0.384. The summed E-state index contributed by atoms with van der Waals surface area (Å²) in [5.74, 6) is 0. The van der Waals surface area contributed by atoms with Crippen LogP contribution in [0.3, 0.4) is 0 Å². The number of H-pyrrole nitrogens is 1. The van der Waals surface area contributed by atoms with Gasteiger partial charge in [-0.1, -0.05) is 12.1 Å². The minimum Gasteiger partial charge on any atom is -0.346 e. The number of aromatic amines is 1. The van der Waals surface area contributed by atoms with Crippen molar-refractivity contribution >= 4 is 16.7 Å². The highest BCUT2D eigenvalue weighted by Crippen LogP contribution is 2.29. The van der Waals surface area contributed by atoms with Gasteiger partial charge in [-0.05, 0) is 11.6 Å². The van der Waals surface area contributed by atoms with Crippen LogP contribution >= 0.6 is 0 Å². The van der Waals surface area contributed by atoms with Crippen molar-refractivity contribution in [3.63, 3.8) is 0 Å². The summed E-state index contributed by atoms with van der Waals surface area (Å²) in [6.45, 7) is 0. The van der Waals surface area contributed by atoms with E-state index in [-0.39, 0.29) is 12.1 Å². The molecular weight excluding hydrogens is 346 g/mol. The maximum Gasteiger partial charge on any atom is 0.269 e. The molecule has 0 bridgehead atoms. The molecule has 1 unspecified atom stereocenters. The van der Waals surface area contributed by atoms with Gasteiger partial charge in [0.1, 0.15) is 12.0 Å². The van der Waals surface area contributed by atoms with Crippen LogP contribution in [0, 0.1) is 21.4 Å². The number of rotatable bonds is 5. The Balaban J connectivity index is 1.75. The number of nitrogens with zero attached hydrogens (tertiary/aromatic N) is 6. The van der Waals surface area contributed by atoms with Crippen LogP contribution in [0.4, 0.5) is 5.69 Å². The number of nitrogens with one attached hydrogen (secondary N) is 1. The van der Waals surface area contributed by atoms with E-state index in [1.54, 1.807) is 35.4 Å². The van der Waals surface area contributed by atoms with Crippen LogP contribution in [0.1, 0.15) is 18.0 Å². The van der Waals surface area contributed by atoms with Crippen molar-refractivity contribution in [2.75, 3.05) is 0 Å². The molecule has 4 aromatic rings. The Kier molecular flexibility index (Phi) is 4.06. The molecule has 4 rings (SSSR count). The Morgan fingerprint density at radius 2 is 2.22 bits per heavy atom. The number of aromatic nitrogens is 5. The molecule has 9 nitrogen and oxygen atoms in total. The summed E-state index contributed by atoms with van der Waals surface area (Å²) in [5.41, 5.74) is 2.85. The standard InChI is InChI=1S/C18H13N7O2/c19-6-4-16(12-2-1-3-14(8-12)25(26)27)24-10-13(9-23-24)17-15-5-7-20-18(15)22-11-21-17/h1-3,5,7-11,16H,4H2,(H,20,21,22). The summed E-state index contributed by atoms with van der Waals surface area (Å²) >= 11 is 0. The van der Waals surface area contributed by atoms with Crippen LogP contribution in [-0.4, -0.2) is 29.7 Å². The van der Waals surface area contributed by atoms with Gasteiger partial charge in [-0.15, -0.1) is 0 Å². The topological polar surface area (TPSA) is 126 Å². The lowest BCUT2D eigenvalue weighted by atomic mass is 10.0. The Morgan fingerprint density at radius 3 is 3.04 bits per heavy atom. The van der Waals surface area contributed by atoms with Crippen molar-refractivity contribution in [1.82, 2.24) is 24.7 Å². The zero-order valence-electron chi connectivity index (χ0n) is 14.0. The van der Waals surface area contributed by atoms with Gasteiger partial charge in [0.15, 0.2) is 0 Å². The molecule has 1 atom stereocenters. The first-order chi connectivity index (χ1) is 13.2. The summed E-state index contributed by atoms with van der Waals surface area (Å²) < 4.78 is 1.64. The number of hydrogen-bond donors (Lipinski definition) is 1. The van der Waals surface area contributed by atoms with Crippen LogP contribution in [0.5, 0.6) is 0 Å². The molecule has 0 radical (unpaired) electrons. The van der Waals surface area contributed by atoms with Gasteiger partial charge in [-0.3, -0.25) is 14.8 Å². The molecule has 9 heteroatoms. The molecule has 0 aliphatic rings. The van der Waals surface area contributed by atoms with E-state index in [0.717, 1.165) is 22.3 Å². The first-order valence-corrected chi connectivity index (χ1v) is 8.11. The quantitative estimate of drug-likeness (QED) is 0.430. The van der Waals surface area contributed by atoms with E-state index < -0.39 is 11.0 Å². The monoisotopic (exact) mass is 359 g/mol. The minimum atomic E-state index is -0.453. The molecule has 3 heterocycles. The van der Waals surface area contributed by atoms with Gasteiger partial charge in [0, 0.05) is 35.5 Å². The molecule has 3 aromatic heterocycles. The fourth-order valence-corrected chi connectivity index (χ4v) is 3.03. The smallest absolute Gasteiger partial charge is 0.269 e. The summed E-state index contributed by atoms with van der Waals surface area (Å²) in [7, 11) is 0. The number of non-ortho nitro benzene ring substituents is 1. The van der Waals surface area contributed by atoms with E-state index in [1.165, 1.54) is 18.5 Å². The van der Waals surface area contributed by atoms with Gasteiger partial charge in [0.2, 0.25) is 0 Å². The van der Waals surface area contributed by atoms with Crippen LogP contribution in [0.25, 0.3) is 22.3 Å². The SMILES string of the molecule is N#CCC(c1cccc([N+](=O)[O-])c1)n1cc(-c2ncnc3[nH]ccc23)cn1. The van der Waals surface area contributed by atoms with Crippen molar-refractivity contribution in [2.24, 2.45) is 0 Å². The van der Waals surface area contributed by atoms with E-state index in [9.17, 15) is 15.4 Å². The summed E-state index contributed by atoms with van der Waals surface area (Å²) in [6, 6.07) is 9.83. The summed E-state index contributed by atoms with van der Waals surface area (Å²) in [5, 5.41) is 25.5. The number of nitro groups is 1. The molecule has 0 aliphatic heterocycles. The van der Waals surface area contributed by atoms with Gasteiger partial charge in [-0.2, -0.15) is 10.4 Å². The Labute approximate surface area is 153 Å². The van der Waals surface area contributed by atoms with E-state index in [4.69, 9.17) is 0 Å². The predicted octanol–water partition coefficient (Wildman–Crippen LogP) is 3.23. The van der Waals surface area contributed by atoms with Gasteiger partial charge in [-0.25, -0.2) is 9.97 Å². The van der Waals surface area contributed by atoms with Gasteiger partial charge >= 0.3 is 0 Å². The van der Waals surface area contributed by atoms with Gasteiger partial charge in [0.05, 0.1) is 35.3 Å². The van der Waals surface area contributed by atoms with Crippen molar-refractivity contribution in [2.45, 2.75) is 12.5 Å². The largest absolute Gasteiger partial charge is 0.346 e. The molecule has 0 spiro atoms. The van der Waals surface area contributed by atoms with Crippen molar-refractivity contribution in [1.29, 1.82) is 5.26 Å². The highest BCUT2D eigenvalue weighted by atomic mass is 16.6. The molecule has 1 N–H and O–H groups in total. The van der Waals surface area contributed by atoms with E-state index in [1.807, 2.05) is 6.07 Å². The summed E-state index contributed by atoms with van der Waals surface area (Å²) in [4.78, 5) is 22.2. The van der Waals surface area contributed by atoms with Crippen molar-refractivity contribution < 1.29 is 4.92 Å². The Hall–Kier alpha value is -4.06. The van der Waals surface area contributed by atoms with E-state index in [2.05, 4.69) is 26.1 Å². The molecule has 0 saturated heterocycles. The van der Waals surface area contributed by atoms with Crippen LogP contribution in [0.15, 0.2) is 55.2 Å². The Bertz CT molecular complexity index is 1170. The van der Waals surface area contributed by atoms with Crippen LogP contribution < -0.4 is 0 Å². The zero-order chi connectivity index (χ0) is 18.8. The third kappa shape index (κ3) is 3.00. The molecule has 132 valence electrons. The second kappa shape index (κ2) is 6.68. The summed E-state index contributed by atoms with van der Waals surface area (Å²) in [6.07, 6.45) is 6.84. The van der Waals surface area contributed by atoms with Gasteiger partial charge < -0.3 is 4.98 Å². The third-order valence-corrected chi connectivity index (χ3v) is 4.30. The maximum atomic E-state index is 11.1. The number of hydrogen-bond acceptors (Lipinski definition) is 6. The Morgan fingerprint density at radius 1 is 1.33 bits per heavy atom. The second-order valence-corrected chi connectivity index (χ2v) is 5.90. The predicted molar refractivity (Wildman–Crippen MR) is 96.6 cm³/mol. The molecule has 27 heavy (non-hydrogen) atoms. The lowest BCUT2D eigenvalue weighted by Crippen LogP contribution is -2.11. The van der Waals surface area contributed by atoms with Crippen molar-refractivity contribution in [3.05, 3.63) is 70.9 Å². The molecule has 0 aliphatic carbocycles.